The highest BCUT2D eigenvalue weighted by atomic mass is 16.7. The molecule has 0 saturated heterocycles. The number of benzene rings is 2. The Balaban J connectivity index is 1.39. The molecule has 3 aromatic rings. The molecule has 0 atom stereocenters. The number of aliphatic carboxylic acids is 1. The predicted octanol–water partition coefficient (Wildman–Crippen LogP) is 4.44. The van der Waals surface area contributed by atoms with Crippen molar-refractivity contribution in [2.75, 3.05) is 12.1 Å². The minimum Gasteiger partial charge on any atom is -0.481 e. The van der Waals surface area contributed by atoms with E-state index in [2.05, 4.69) is 10.3 Å². The molecule has 3 aliphatic rings. The first-order valence-electron chi connectivity index (χ1n) is 11.5. The average Bonchev–Trinajstić information content (AvgIpc) is 3.53. The smallest absolute Gasteiger partial charge is 0.303 e. The number of rotatable bonds is 5. The van der Waals surface area contributed by atoms with Crippen LogP contribution < -0.4 is 14.8 Å². The summed E-state index contributed by atoms with van der Waals surface area (Å²) in [5.41, 5.74) is 6.51. The number of carbonyl (C=O) groups excluding carboxylic acids is 2. The van der Waals surface area contributed by atoms with Crippen LogP contribution in [0.5, 0.6) is 11.5 Å². The van der Waals surface area contributed by atoms with Crippen molar-refractivity contribution in [2.45, 2.75) is 32.1 Å². The van der Waals surface area contributed by atoms with Gasteiger partial charge in [0.25, 0.3) is 5.91 Å². The van der Waals surface area contributed by atoms with Crippen LogP contribution in [0.2, 0.25) is 0 Å². The van der Waals surface area contributed by atoms with Crippen LogP contribution in [-0.4, -0.2) is 34.5 Å². The zero-order valence-corrected chi connectivity index (χ0v) is 18.8. The lowest BCUT2D eigenvalue weighted by molar-refractivity contribution is -0.137. The summed E-state index contributed by atoms with van der Waals surface area (Å²) in [6, 6.07) is 11.5. The lowest BCUT2D eigenvalue weighted by Crippen LogP contribution is -2.11. The fraction of sp³-hybridized carbons (Fsp3) is 0.222. The van der Waals surface area contributed by atoms with Gasteiger partial charge in [-0.3, -0.25) is 14.4 Å². The number of fused-ring (bicyclic) bond motifs is 3. The maximum absolute atomic E-state index is 12.9. The molecular formula is C27H22N2O6. The highest BCUT2D eigenvalue weighted by Crippen LogP contribution is 2.40. The Bertz CT molecular complexity index is 1450. The Morgan fingerprint density at radius 1 is 1.03 bits per heavy atom. The first-order valence-corrected chi connectivity index (χ1v) is 11.5. The van der Waals surface area contributed by atoms with Crippen LogP contribution in [0, 0.1) is 0 Å². The lowest BCUT2D eigenvalue weighted by atomic mass is 9.91. The summed E-state index contributed by atoms with van der Waals surface area (Å²) in [7, 11) is 0. The molecule has 0 spiro atoms. The van der Waals surface area contributed by atoms with Crippen LogP contribution in [0.1, 0.15) is 52.1 Å². The topological polar surface area (TPSA) is 118 Å². The second kappa shape index (κ2) is 8.16. The molecule has 3 heterocycles. The first kappa shape index (κ1) is 21.2. The van der Waals surface area contributed by atoms with Crippen molar-refractivity contribution in [2.24, 2.45) is 0 Å². The molecule has 8 nitrogen and oxygen atoms in total. The summed E-state index contributed by atoms with van der Waals surface area (Å²) >= 11 is 0. The Morgan fingerprint density at radius 2 is 1.83 bits per heavy atom. The molecule has 3 N–H and O–H groups in total. The Kier molecular flexibility index (Phi) is 4.95. The van der Waals surface area contributed by atoms with Gasteiger partial charge in [0.2, 0.25) is 6.79 Å². The number of ether oxygens (including phenoxy) is 2. The standard InChI is InChI=1S/C27H22N2O6/c30-22-3-1-2-19-26(22)17(7-9-25(31)32)21(28-19)12-18-16-6-4-14(10-20(16)29-27(18)33)15-5-8-23-24(11-15)35-13-34-23/h4-6,8,10-12,28H,1-3,7,9,13H2,(H,29,33)(H,31,32)/b18-12-. The van der Waals surface area contributed by atoms with Crippen LogP contribution in [-0.2, 0) is 22.4 Å². The fourth-order valence-electron chi connectivity index (χ4n) is 5.04. The quantitative estimate of drug-likeness (QED) is 0.475. The first-order chi connectivity index (χ1) is 17.0. The zero-order chi connectivity index (χ0) is 24.1. The van der Waals surface area contributed by atoms with Crippen molar-refractivity contribution in [1.82, 2.24) is 4.98 Å². The third kappa shape index (κ3) is 3.67. The molecule has 1 aliphatic carbocycles. The number of Topliss-reactive ketones (excluding diaryl/α,β-unsaturated/α-hetero) is 1. The molecule has 0 bridgehead atoms. The van der Waals surface area contributed by atoms with E-state index in [1.54, 1.807) is 6.08 Å². The number of amides is 1. The van der Waals surface area contributed by atoms with Crippen molar-refractivity contribution in [3.05, 3.63) is 64.5 Å². The number of aromatic nitrogens is 1. The summed E-state index contributed by atoms with van der Waals surface area (Å²) in [4.78, 5) is 40.1. The Morgan fingerprint density at radius 3 is 2.69 bits per heavy atom. The van der Waals surface area contributed by atoms with Gasteiger partial charge >= 0.3 is 5.97 Å². The molecule has 1 aromatic heterocycles. The number of carboxylic acid groups (broad SMARTS) is 1. The number of aromatic amines is 1. The lowest BCUT2D eigenvalue weighted by Gasteiger charge is -2.11. The molecule has 1 amide bonds. The second-order valence-electron chi connectivity index (χ2n) is 8.88. The molecule has 6 rings (SSSR count). The van der Waals surface area contributed by atoms with Gasteiger partial charge in [-0.2, -0.15) is 0 Å². The molecular weight excluding hydrogens is 448 g/mol. The summed E-state index contributed by atoms with van der Waals surface area (Å²) in [6.45, 7) is 0.204. The maximum Gasteiger partial charge on any atom is 0.303 e. The highest BCUT2D eigenvalue weighted by Gasteiger charge is 2.29. The van der Waals surface area contributed by atoms with E-state index >= 15 is 0 Å². The number of hydrogen-bond donors (Lipinski definition) is 3. The van der Waals surface area contributed by atoms with E-state index in [1.165, 1.54) is 0 Å². The van der Waals surface area contributed by atoms with E-state index < -0.39 is 5.97 Å². The van der Waals surface area contributed by atoms with E-state index in [0.717, 1.165) is 35.2 Å². The molecule has 2 aliphatic heterocycles. The monoisotopic (exact) mass is 470 g/mol. The number of aryl methyl sites for hydroxylation is 1. The SMILES string of the molecule is O=C(O)CCc1c(/C=C2\C(=O)Nc3cc(-c4ccc5c(c4)OCO5)ccc32)[nH]c2c1C(=O)CCC2. The molecule has 35 heavy (non-hydrogen) atoms. The van der Waals surface area contributed by atoms with Crippen molar-refractivity contribution in [3.8, 4) is 22.6 Å². The molecule has 0 unspecified atom stereocenters. The molecule has 0 radical (unpaired) electrons. The van der Waals surface area contributed by atoms with Crippen molar-refractivity contribution >= 4 is 35.0 Å². The van der Waals surface area contributed by atoms with E-state index in [-0.39, 0.29) is 31.3 Å². The van der Waals surface area contributed by atoms with Gasteiger partial charge in [0.05, 0.1) is 5.57 Å². The van der Waals surface area contributed by atoms with Crippen molar-refractivity contribution in [1.29, 1.82) is 0 Å². The predicted molar refractivity (Wildman–Crippen MR) is 129 cm³/mol. The molecule has 8 heteroatoms. The van der Waals surface area contributed by atoms with Gasteiger partial charge in [-0.05, 0) is 60.2 Å². The van der Waals surface area contributed by atoms with E-state index in [9.17, 15) is 19.5 Å². The van der Waals surface area contributed by atoms with Gasteiger partial charge in [0.1, 0.15) is 0 Å². The Labute approximate surface area is 200 Å². The molecule has 0 saturated carbocycles. The van der Waals surface area contributed by atoms with Gasteiger partial charge in [-0.1, -0.05) is 18.2 Å². The average molecular weight is 470 g/mol. The normalized spacial score (nSPS) is 16.9. The highest BCUT2D eigenvalue weighted by molar-refractivity contribution is 6.35. The third-order valence-corrected chi connectivity index (χ3v) is 6.71. The number of ketones is 1. The van der Waals surface area contributed by atoms with Gasteiger partial charge in [0, 0.05) is 41.0 Å². The third-order valence-electron chi connectivity index (χ3n) is 6.71. The van der Waals surface area contributed by atoms with E-state index in [1.807, 2.05) is 36.4 Å². The largest absolute Gasteiger partial charge is 0.481 e. The number of hydrogen-bond acceptors (Lipinski definition) is 5. The molecule has 176 valence electrons. The number of H-pyrrole nitrogens is 1. The number of nitrogens with one attached hydrogen (secondary N) is 2. The van der Waals surface area contributed by atoms with Crippen LogP contribution in [0.4, 0.5) is 5.69 Å². The number of carboxylic acids is 1. The van der Waals surface area contributed by atoms with Crippen molar-refractivity contribution in [3.63, 3.8) is 0 Å². The van der Waals surface area contributed by atoms with Crippen molar-refractivity contribution < 1.29 is 29.0 Å². The second-order valence-corrected chi connectivity index (χ2v) is 8.88. The van der Waals surface area contributed by atoms with E-state index in [0.29, 0.717) is 46.0 Å². The van der Waals surface area contributed by atoms with Crippen LogP contribution in [0.3, 0.4) is 0 Å². The van der Waals surface area contributed by atoms with Gasteiger partial charge in [0.15, 0.2) is 17.3 Å². The maximum atomic E-state index is 12.9. The minimum absolute atomic E-state index is 0.0252. The summed E-state index contributed by atoms with van der Waals surface area (Å²) in [5, 5.41) is 12.1. The number of carbonyl (C=O) groups is 3. The minimum atomic E-state index is -0.929. The van der Waals surface area contributed by atoms with Gasteiger partial charge < -0.3 is 24.9 Å². The number of anilines is 1. The Hall–Kier alpha value is -4.33. The zero-order valence-electron chi connectivity index (χ0n) is 18.8. The molecule has 0 fully saturated rings. The van der Waals surface area contributed by atoms with Gasteiger partial charge in [-0.15, -0.1) is 0 Å². The van der Waals surface area contributed by atoms with Gasteiger partial charge in [-0.25, -0.2) is 0 Å². The summed E-state index contributed by atoms with van der Waals surface area (Å²) < 4.78 is 10.9. The van der Waals surface area contributed by atoms with Crippen LogP contribution in [0.15, 0.2) is 36.4 Å². The molecule has 2 aromatic carbocycles. The van der Waals surface area contributed by atoms with E-state index in [4.69, 9.17) is 9.47 Å². The summed E-state index contributed by atoms with van der Waals surface area (Å²) in [5.74, 6) is 0.246. The van der Waals surface area contributed by atoms with Crippen LogP contribution in [0.25, 0.3) is 22.8 Å². The van der Waals surface area contributed by atoms with Crippen LogP contribution >= 0.6 is 0 Å². The fourth-order valence-corrected chi connectivity index (χ4v) is 5.04. The summed E-state index contributed by atoms with van der Waals surface area (Å²) in [6.07, 6.45) is 3.81.